The zero-order valence-corrected chi connectivity index (χ0v) is 19.0. The molecule has 0 bridgehead atoms. The highest BCUT2D eigenvalue weighted by atomic mass is 16.5. The summed E-state index contributed by atoms with van der Waals surface area (Å²) in [5, 5.41) is 4.05. The summed E-state index contributed by atoms with van der Waals surface area (Å²) < 4.78 is 22.2. The summed E-state index contributed by atoms with van der Waals surface area (Å²) in [7, 11) is 3.11. The molecule has 0 unspecified atom stereocenters. The van der Waals surface area contributed by atoms with Crippen LogP contribution in [0, 0.1) is 0 Å². The molecule has 0 aliphatic carbocycles. The van der Waals surface area contributed by atoms with Crippen LogP contribution in [0.3, 0.4) is 0 Å². The lowest BCUT2D eigenvalue weighted by Gasteiger charge is -2.11. The smallest absolute Gasteiger partial charge is 0.271 e. The second-order valence-electron chi connectivity index (χ2n) is 7.10. The van der Waals surface area contributed by atoms with Crippen LogP contribution in [0.2, 0.25) is 0 Å². The van der Waals surface area contributed by atoms with E-state index in [1.807, 2.05) is 49.4 Å². The van der Waals surface area contributed by atoms with Crippen LogP contribution in [0.25, 0.3) is 0 Å². The van der Waals surface area contributed by atoms with Gasteiger partial charge in [0.05, 0.1) is 27.0 Å². The molecule has 3 aromatic rings. The molecule has 3 rings (SSSR count). The van der Waals surface area contributed by atoms with Crippen LogP contribution in [0.1, 0.15) is 34.8 Å². The Morgan fingerprint density at radius 1 is 0.879 bits per heavy atom. The average molecular weight is 449 g/mol. The molecule has 0 aliphatic rings. The molecular weight excluding hydrogens is 420 g/mol. The number of rotatable bonds is 11. The van der Waals surface area contributed by atoms with E-state index in [2.05, 4.69) is 10.5 Å². The highest BCUT2D eigenvalue weighted by molar-refractivity contribution is 5.95. The number of carbonyl (C=O) groups is 1. The standard InChI is InChI=1S/C26H28N2O5/c1-4-14-32-22-13-11-21(16-25(22)31-3)26(29)28-27-17-20-10-12-23(24(15-20)30-2)33-18-19-8-6-5-7-9-19/h5-13,15-17H,4,14,18H2,1-3H3,(H,28,29)/b27-17+. The molecule has 0 heterocycles. The van der Waals surface area contributed by atoms with Crippen molar-refractivity contribution in [2.24, 2.45) is 5.10 Å². The van der Waals surface area contributed by atoms with Crippen molar-refractivity contribution in [3.05, 3.63) is 83.4 Å². The summed E-state index contributed by atoms with van der Waals surface area (Å²) in [4.78, 5) is 12.5. The summed E-state index contributed by atoms with van der Waals surface area (Å²) in [6.45, 7) is 3.03. The normalized spacial score (nSPS) is 10.6. The maximum absolute atomic E-state index is 12.5. The molecule has 3 aromatic carbocycles. The first-order valence-electron chi connectivity index (χ1n) is 10.6. The predicted octanol–water partition coefficient (Wildman–Crippen LogP) is 4.84. The van der Waals surface area contributed by atoms with Crippen molar-refractivity contribution in [1.82, 2.24) is 5.43 Å². The van der Waals surface area contributed by atoms with E-state index in [0.717, 1.165) is 17.5 Å². The highest BCUT2D eigenvalue weighted by Gasteiger charge is 2.11. The van der Waals surface area contributed by atoms with E-state index in [4.69, 9.17) is 18.9 Å². The number of amides is 1. The van der Waals surface area contributed by atoms with Gasteiger partial charge in [0, 0.05) is 5.56 Å². The highest BCUT2D eigenvalue weighted by Crippen LogP contribution is 2.29. The van der Waals surface area contributed by atoms with Crippen molar-refractivity contribution in [3.63, 3.8) is 0 Å². The van der Waals surface area contributed by atoms with Gasteiger partial charge in [-0.05, 0) is 53.9 Å². The predicted molar refractivity (Wildman–Crippen MR) is 128 cm³/mol. The quantitative estimate of drug-likeness (QED) is 0.336. The van der Waals surface area contributed by atoms with Crippen LogP contribution in [-0.4, -0.2) is 32.9 Å². The average Bonchev–Trinajstić information content (AvgIpc) is 2.86. The van der Waals surface area contributed by atoms with Crippen LogP contribution in [0.5, 0.6) is 23.0 Å². The number of benzene rings is 3. The number of hydrazone groups is 1. The van der Waals surface area contributed by atoms with Crippen LogP contribution in [0.4, 0.5) is 0 Å². The van der Waals surface area contributed by atoms with Gasteiger partial charge < -0.3 is 18.9 Å². The summed E-state index contributed by atoms with van der Waals surface area (Å²) in [6, 6.07) is 20.3. The third kappa shape index (κ3) is 6.74. The van der Waals surface area contributed by atoms with Gasteiger partial charge in [0.15, 0.2) is 23.0 Å². The number of hydrogen-bond acceptors (Lipinski definition) is 6. The van der Waals surface area contributed by atoms with Crippen molar-refractivity contribution in [2.75, 3.05) is 20.8 Å². The lowest BCUT2D eigenvalue weighted by Crippen LogP contribution is -2.17. The van der Waals surface area contributed by atoms with Crippen molar-refractivity contribution in [3.8, 4) is 23.0 Å². The van der Waals surface area contributed by atoms with Gasteiger partial charge in [-0.25, -0.2) is 5.43 Å². The lowest BCUT2D eigenvalue weighted by atomic mass is 10.2. The largest absolute Gasteiger partial charge is 0.493 e. The van der Waals surface area contributed by atoms with Crippen molar-refractivity contribution in [1.29, 1.82) is 0 Å². The Bertz CT molecular complexity index is 1080. The van der Waals surface area contributed by atoms with E-state index < -0.39 is 0 Å². The zero-order chi connectivity index (χ0) is 23.5. The van der Waals surface area contributed by atoms with Crippen molar-refractivity contribution in [2.45, 2.75) is 20.0 Å². The first kappa shape index (κ1) is 23.7. The fourth-order valence-corrected chi connectivity index (χ4v) is 2.99. The number of nitrogens with zero attached hydrogens (tertiary/aromatic N) is 1. The second-order valence-corrected chi connectivity index (χ2v) is 7.10. The number of nitrogens with one attached hydrogen (secondary N) is 1. The molecule has 1 amide bonds. The van der Waals surface area contributed by atoms with Gasteiger partial charge in [-0.1, -0.05) is 37.3 Å². The maximum Gasteiger partial charge on any atom is 0.271 e. The van der Waals surface area contributed by atoms with Gasteiger partial charge in [0.2, 0.25) is 0 Å². The molecule has 0 aromatic heterocycles. The van der Waals surface area contributed by atoms with Crippen LogP contribution in [-0.2, 0) is 6.61 Å². The molecule has 0 fully saturated rings. The zero-order valence-electron chi connectivity index (χ0n) is 19.0. The second kappa shape index (κ2) is 12.1. The Kier molecular flexibility index (Phi) is 8.71. The van der Waals surface area contributed by atoms with Crippen LogP contribution < -0.4 is 24.4 Å². The number of methoxy groups -OCH3 is 2. The Morgan fingerprint density at radius 3 is 2.30 bits per heavy atom. The monoisotopic (exact) mass is 448 g/mol. The molecule has 172 valence electrons. The fraction of sp³-hybridized carbons (Fsp3) is 0.231. The molecular formula is C26H28N2O5. The van der Waals surface area contributed by atoms with E-state index in [-0.39, 0.29) is 5.91 Å². The molecule has 0 saturated heterocycles. The Morgan fingerprint density at radius 2 is 1.58 bits per heavy atom. The molecule has 0 spiro atoms. The molecule has 7 heteroatoms. The van der Waals surface area contributed by atoms with Gasteiger partial charge in [-0.2, -0.15) is 5.10 Å². The minimum Gasteiger partial charge on any atom is -0.493 e. The third-order valence-electron chi connectivity index (χ3n) is 4.69. The third-order valence-corrected chi connectivity index (χ3v) is 4.69. The van der Waals surface area contributed by atoms with Gasteiger partial charge in [-0.15, -0.1) is 0 Å². The number of carbonyl (C=O) groups excluding carboxylic acids is 1. The molecule has 33 heavy (non-hydrogen) atoms. The Hall–Kier alpha value is -4.00. The van der Waals surface area contributed by atoms with E-state index in [9.17, 15) is 4.79 Å². The summed E-state index contributed by atoms with van der Waals surface area (Å²) in [6.07, 6.45) is 2.42. The lowest BCUT2D eigenvalue weighted by molar-refractivity contribution is 0.0954. The van der Waals surface area contributed by atoms with Crippen LogP contribution in [0.15, 0.2) is 71.8 Å². The first-order valence-corrected chi connectivity index (χ1v) is 10.6. The van der Waals surface area contributed by atoms with E-state index in [1.165, 1.54) is 13.3 Å². The number of hydrogen-bond donors (Lipinski definition) is 1. The van der Waals surface area contributed by atoms with Gasteiger partial charge in [0.1, 0.15) is 6.61 Å². The Balaban J connectivity index is 1.61. The molecule has 7 nitrogen and oxygen atoms in total. The number of ether oxygens (including phenoxy) is 4. The van der Waals surface area contributed by atoms with E-state index in [1.54, 1.807) is 31.4 Å². The summed E-state index contributed by atoms with van der Waals surface area (Å²) in [5.74, 6) is 1.94. The summed E-state index contributed by atoms with van der Waals surface area (Å²) >= 11 is 0. The minimum absolute atomic E-state index is 0.360. The van der Waals surface area contributed by atoms with Crippen molar-refractivity contribution < 1.29 is 23.7 Å². The fourth-order valence-electron chi connectivity index (χ4n) is 2.99. The molecule has 0 aliphatic heterocycles. The van der Waals surface area contributed by atoms with Crippen LogP contribution >= 0.6 is 0 Å². The van der Waals surface area contributed by atoms with Crippen molar-refractivity contribution >= 4 is 12.1 Å². The molecule has 0 radical (unpaired) electrons. The SMILES string of the molecule is CCCOc1ccc(C(=O)N/N=C/c2ccc(OCc3ccccc3)c(OC)c2)cc1OC. The van der Waals surface area contributed by atoms with E-state index >= 15 is 0 Å². The molecule has 1 N–H and O–H groups in total. The minimum atomic E-state index is -0.360. The van der Waals surface area contributed by atoms with E-state index in [0.29, 0.717) is 41.8 Å². The molecule has 0 saturated carbocycles. The Labute approximate surface area is 193 Å². The van der Waals surface area contributed by atoms with Gasteiger partial charge in [-0.3, -0.25) is 4.79 Å². The molecule has 0 atom stereocenters. The van der Waals surface area contributed by atoms with Gasteiger partial charge >= 0.3 is 0 Å². The maximum atomic E-state index is 12.5. The first-order chi connectivity index (χ1) is 16.1. The van der Waals surface area contributed by atoms with Gasteiger partial charge in [0.25, 0.3) is 5.91 Å². The topological polar surface area (TPSA) is 78.4 Å². The summed E-state index contributed by atoms with van der Waals surface area (Å²) in [5.41, 5.74) is 4.75.